The Kier molecular flexibility index (Phi) is 5.02. The van der Waals surface area contributed by atoms with Crippen LogP contribution in [0.4, 0.5) is 5.69 Å². The quantitative estimate of drug-likeness (QED) is 0.780. The van der Waals surface area contributed by atoms with Crippen molar-refractivity contribution in [3.05, 3.63) is 28.7 Å². The Morgan fingerprint density at radius 3 is 2.84 bits per heavy atom. The Bertz CT molecular complexity index is 451. The fourth-order valence-electron chi connectivity index (χ4n) is 2.47. The minimum Gasteiger partial charge on any atom is -0.398 e. The third kappa shape index (κ3) is 4.71. The van der Waals surface area contributed by atoms with Crippen molar-refractivity contribution < 1.29 is 0 Å². The van der Waals surface area contributed by atoms with Crippen LogP contribution in [0.5, 0.6) is 0 Å². The molecular weight excluding hydrogens is 238 g/mol. The molecule has 0 aromatic carbocycles. The number of nitrogens with zero attached hydrogens (tertiary/aromatic N) is 2. The van der Waals surface area contributed by atoms with Crippen LogP contribution in [0.3, 0.4) is 0 Å². The molecule has 1 fully saturated rings. The summed E-state index contributed by atoms with van der Waals surface area (Å²) in [6.45, 7) is 6.46. The lowest BCUT2D eigenvalue weighted by atomic mass is 10.3. The first kappa shape index (κ1) is 14.1. The van der Waals surface area contributed by atoms with E-state index in [1.165, 1.54) is 32.4 Å². The number of nitrogen functional groups attached to an aromatic ring is 1. The van der Waals surface area contributed by atoms with Gasteiger partial charge in [-0.1, -0.05) is 6.92 Å². The van der Waals surface area contributed by atoms with Crippen molar-refractivity contribution in [3.63, 3.8) is 0 Å². The van der Waals surface area contributed by atoms with Gasteiger partial charge >= 0.3 is 0 Å². The van der Waals surface area contributed by atoms with Crippen LogP contribution in [-0.4, -0.2) is 29.1 Å². The van der Waals surface area contributed by atoms with Crippen LogP contribution in [-0.2, 0) is 6.54 Å². The molecule has 0 amide bonds. The fourth-order valence-corrected chi connectivity index (χ4v) is 2.47. The van der Waals surface area contributed by atoms with Crippen LogP contribution in [0.15, 0.2) is 23.1 Å². The van der Waals surface area contributed by atoms with E-state index in [0.717, 1.165) is 25.4 Å². The fraction of sp³-hybridized carbons (Fsp3) is 0.667. The predicted molar refractivity (Wildman–Crippen MR) is 79.2 cm³/mol. The zero-order chi connectivity index (χ0) is 13.7. The molecule has 19 heavy (non-hydrogen) atoms. The van der Waals surface area contributed by atoms with Gasteiger partial charge in [0.15, 0.2) is 0 Å². The van der Waals surface area contributed by atoms with Crippen molar-refractivity contribution >= 4 is 5.69 Å². The van der Waals surface area contributed by atoms with Crippen LogP contribution in [0.1, 0.15) is 32.6 Å². The highest BCUT2D eigenvalue weighted by Crippen LogP contribution is 2.29. The second kappa shape index (κ2) is 6.75. The molecule has 0 radical (unpaired) electrons. The Balaban J connectivity index is 1.80. The SMILES string of the molecule is CCCN(CCCn1cc(N)ccc1=O)CC1CC1. The van der Waals surface area contributed by atoms with Crippen molar-refractivity contribution in [3.8, 4) is 0 Å². The number of anilines is 1. The number of hydrogen-bond donors (Lipinski definition) is 1. The number of nitrogens with two attached hydrogens (primary N) is 1. The number of aromatic nitrogens is 1. The predicted octanol–water partition coefficient (Wildman–Crippen LogP) is 1.94. The van der Waals surface area contributed by atoms with E-state index in [2.05, 4.69) is 11.8 Å². The van der Waals surface area contributed by atoms with E-state index in [1.807, 2.05) is 0 Å². The summed E-state index contributed by atoms with van der Waals surface area (Å²) < 4.78 is 1.72. The topological polar surface area (TPSA) is 51.3 Å². The van der Waals surface area contributed by atoms with Crippen molar-refractivity contribution in [2.24, 2.45) is 5.92 Å². The molecule has 4 nitrogen and oxygen atoms in total. The van der Waals surface area contributed by atoms with Crippen LogP contribution >= 0.6 is 0 Å². The molecule has 0 atom stereocenters. The summed E-state index contributed by atoms with van der Waals surface area (Å²) in [5.74, 6) is 0.932. The smallest absolute Gasteiger partial charge is 0.250 e. The van der Waals surface area contributed by atoms with E-state index in [-0.39, 0.29) is 5.56 Å². The first-order valence-electron chi connectivity index (χ1n) is 7.37. The summed E-state index contributed by atoms with van der Waals surface area (Å²) in [7, 11) is 0. The van der Waals surface area contributed by atoms with Crippen LogP contribution in [0.25, 0.3) is 0 Å². The third-order valence-corrected chi connectivity index (χ3v) is 3.63. The van der Waals surface area contributed by atoms with Gasteiger partial charge in [-0.15, -0.1) is 0 Å². The summed E-state index contributed by atoms with van der Waals surface area (Å²) >= 11 is 0. The van der Waals surface area contributed by atoms with E-state index < -0.39 is 0 Å². The lowest BCUT2D eigenvalue weighted by Crippen LogP contribution is -2.29. The highest BCUT2D eigenvalue weighted by Gasteiger charge is 2.23. The van der Waals surface area contributed by atoms with Gasteiger partial charge in [-0.25, -0.2) is 0 Å². The molecule has 1 aliphatic carbocycles. The minimum absolute atomic E-state index is 0.0402. The number of aryl methyl sites for hydroxylation is 1. The zero-order valence-electron chi connectivity index (χ0n) is 11.8. The van der Waals surface area contributed by atoms with Gasteiger partial charge in [-0.3, -0.25) is 4.79 Å². The lowest BCUT2D eigenvalue weighted by Gasteiger charge is -2.21. The molecule has 1 heterocycles. The maximum Gasteiger partial charge on any atom is 0.250 e. The maximum absolute atomic E-state index is 11.7. The highest BCUT2D eigenvalue weighted by molar-refractivity contribution is 5.33. The number of rotatable bonds is 8. The summed E-state index contributed by atoms with van der Waals surface area (Å²) in [4.78, 5) is 14.2. The number of hydrogen-bond acceptors (Lipinski definition) is 3. The first-order chi connectivity index (χ1) is 9.19. The Morgan fingerprint density at radius 2 is 2.16 bits per heavy atom. The molecule has 1 saturated carbocycles. The monoisotopic (exact) mass is 263 g/mol. The van der Waals surface area contributed by atoms with Gasteiger partial charge in [-0.05, 0) is 50.8 Å². The van der Waals surface area contributed by atoms with Gasteiger partial charge in [0.25, 0.3) is 5.56 Å². The molecule has 1 aromatic rings. The largest absolute Gasteiger partial charge is 0.398 e. The molecule has 0 saturated heterocycles. The van der Waals surface area contributed by atoms with Gasteiger partial charge < -0.3 is 15.2 Å². The van der Waals surface area contributed by atoms with Gasteiger partial charge in [0.1, 0.15) is 0 Å². The average molecular weight is 263 g/mol. The van der Waals surface area contributed by atoms with E-state index in [4.69, 9.17) is 5.73 Å². The summed E-state index contributed by atoms with van der Waals surface area (Å²) in [6.07, 6.45) is 6.75. The molecule has 106 valence electrons. The van der Waals surface area contributed by atoms with E-state index in [9.17, 15) is 4.79 Å². The third-order valence-electron chi connectivity index (χ3n) is 3.63. The second-order valence-electron chi connectivity index (χ2n) is 5.59. The standard InChI is InChI=1S/C15H25N3O/c1-2-8-17(11-13-4-5-13)9-3-10-18-12-14(16)6-7-15(18)19/h6-7,12-13H,2-5,8-11,16H2,1H3. The Labute approximate surface area is 115 Å². The molecule has 2 N–H and O–H groups in total. The van der Waals surface area contributed by atoms with Crippen molar-refractivity contribution in [1.82, 2.24) is 9.47 Å². The molecule has 0 unspecified atom stereocenters. The lowest BCUT2D eigenvalue weighted by molar-refractivity contribution is 0.255. The van der Waals surface area contributed by atoms with Gasteiger partial charge in [-0.2, -0.15) is 0 Å². The van der Waals surface area contributed by atoms with Crippen molar-refractivity contribution in [1.29, 1.82) is 0 Å². The highest BCUT2D eigenvalue weighted by atomic mass is 16.1. The summed E-state index contributed by atoms with van der Waals surface area (Å²) in [5, 5.41) is 0. The first-order valence-corrected chi connectivity index (χ1v) is 7.37. The van der Waals surface area contributed by atoms with E-state index in [1.54, 1.807) is 22.9 Å². The number of pyridine rings is 1. The van der Waals surface area contributed by atoms with Gasteiger partial charge in [0.05, 0.1) is 0 Å². The molecule has 0 spiro atoms. The molecule has 1 aromatic heterocycles. The molecule has 4 heteroatoms. The maximum atomic E-state index is 11.7. The summed E-state index contributed by atoms with van der Waals surface area (Å²) in [6, 6.07) is 3.21. The van der Waals surface area contributed by atoms with Crippen LogP contribution in [0.2, 0.25) is 0 Å². The molecular formula is C15H25N3O. The minimum atomic E-state index is 0.0402. The molecule has 0 bridgehead atoms. The van der Waals surface area contributed by atoms with E-state index >= 15 is 0 Å². The van der Waals surface area contributed by atoms with Crippen LogP contribution in [0, 0.1) is 5.92 Å². The molecule has 0 aliphatic heterocycles. The molecule has 2 rings (SSSR count). The zero-order valence-corrected chi connectivity index (χ0v) is 11.8. The van der Waals surface area contributed by atoms with Crippen molar-refractivity contribution in [2.75, 3.05) is 25.4 Å². The van der Waals surface area contributed by atoms with Gasteiger partial charge in [0.2, 0.25) is 0 Å². The van der Waals surface area contributed by atoms with Crippen molar-refractivity contribution in [2.45, 2.75) is 39.2 Å². The van der Waals surface area contributed by atoms with E-state index in [0.29, 0.717) is 5.69 Å². The summed E-state index contributed by atoms with van der Waals surface area (Å²) in [5.41, 5.74) is 6.41. The normalized spacial score (nSPS) is 15.1. The van der Waals surface area contributed by atoms with Gasteiger partial charge in [0, 0.05) is 31.0 Å². The molecule has 1 aliphatic rings. The Morgan fingerprint density at radius 1 is 1.37 bits per heavy atom. The Hall–Kier alpha value is -1.29. The average Bonchev–Trinajstić information content (AvgIpc) is 3.18. The van der Waals surface area contributed by atoms with Crippen LogP contribution < -0.4 is 11.3 Å². The second-order valence-corrected chi connectivity index (χ2v) is 5.59.